The van der Waals surface area contributed by atoms with Gasteiger partial charge in [0.15, 0.2) is 0 Å². The minimum absolute atomic E-state index is 0.118. The first-order chi connectivity index (χ1) is 26.3. The molecule has 0 amide bonds. The molecule has 250 valence electrons. The van der Waals surface area contributed by atoms with Crippen LogP contribution >= 0.6 is 0 Å². The average molecular weight is 679 g/mol. The Bertz CT molecular complexity index is 2710. The van der Waals surface area contributed by atoms with Crippen molar-refractivity contribution < 1.29 is 4.74 Å². The SMILES string of the molecule is C1=CC2=C(CC1)NC1c3ccccc3-c3ccc(-c4ccc(-c5ccc6c(c5)Oc5ccccc5C65c6ccccc6-c6ccccc65)cc4)cc3N21. The van der Waals surface area contributed by atoms with E-state index in [1.54, 1.807) is 0 Å². The molecule has 0 radical (unpaired) electrons. The molecule has 5 aliphatic rings. The molecular formula is C50H34N2O. The molecule has 3 heterocycles. The van der Waals surface area contributed by atoms with Gasteiger partial charge in [-0.2, -0.15) is 0 Å². The second kappa shape index (κ2) is 10.7. The standard InChI is InChI=1S/C50H34N2O/c1-2-14-39-35(11-1)38-27-25-33(29-46(38)52-45-19-9-8-18-44(45)51-49(39)52)31-21-23-32(24-22-31)34-26-28-43-48(30-34)53-47-20-10-7-17-42(47)50(43)40-15-5-3-12-36(40)37-13-4-6-16-41(37)50/h1-7,9-17,19-30,49,51H,8,18H2. The Morgan fingerprint density at radius 3 is 1.91 bits per heavy atom. The van der Waals surface area contributed by atoms with Gasteiger partial charge in [-0.3, -0.25) is 0 Å². The monoisotopic (exact) mass is 678 g/mol. The van der Waals surface area contributed by atoms with Gasteiger partial charge in [0, 0.05) is 28.0 Å². The summed E-state index contributed by atoms with van der Waals surface area (Å²) < 4.78 is 6.78. The van der Waals surface area contributed by atoms with Gasteiger partial charge in [-0.05, 0) is 87.2 Å². The van der Waals surface area contributed by atoms with Crippen LogP contribution in [0.15, 0.2) is 181 Å². The number of anilines is 1. The van der Waals surface area contributed by atoms with E-state index in [1.165, 1.54) is 78.3 Å². The number of nitrogens with one attached hydrogen (secondary N) is 1. The number of hydrogen-bond donors (Lipinski definition) is 1. The molecule has 3 aliphatic heterocycles. The Kier molecular flexibility index (Phi) is 5.88. The number of allylic oxidation sites excluding steroid dienone is 3. The number of para-hydroxylation sites is 1. The molecule has 0 fully saturated rings. The number of nitrogens with zero attached hydrogens (tertiary/aromatic N) is 1. The lowest BCUT2D eigenvalue weighted by atomic mass is 9.66. The molecule has 7 aromatic rings. The molecule has 0 saturated carbocycles. The van der Waals surface area contributed by atoms with E-state index in [0.29, 0.717) is 0 Å². The summed E-state index contributed by atoms with van der Waals surface area (Å²) in [5.41, 5.74) is 19.7. The van der Waals surface area contributed by atoms with Gasteiger partial charge in [-0.15, -0.1) is 0 Å². The van der Waals surface area contributed by atoms with Crippen LogP contribution < -0.4 is 15.0 Å². The van der Waals surface area contributed by atoms with Gasteiger partial charge < -0.3 is 15.0 Å². The largest absolute Gasteiger partial charge is 0.457 e. The first-order valence-electron chi connectivity index (χ1n) is 18.7. The van der Waals surface area contributed by atoms with Crippen molar-refractivity contribution in [1.29, 1.82) is 0 Å². The molecular weight excluding hydrogens is 645 g/mol. The summed E-state index contributed by atoms with van der Waals surface area (Å²) in [5, 5.41) is 3.87. The molecule has 1 atom stereocenters. The van der Waals surface area contributed by atoms with Crippen molar-refractivity contribution in [2.24, 2.45) is 0 Å². The highest BCUT2D eigenvalue weighted by Crippen LogP contribution is 2.62. The van der Waals surface area contributed by atoms with Crippen LogP contribution in [0.5, 0.6) is 11.5 Å². The summed E-state index contributed by atoms with van der Waals surface area (Å²) in [7, 11) is 0. The zero-order valence-corrected chi connectivity index (χ0v) is 29.0. The first-order valence-corrected chi connectivity index (χ1v) is 18.7. The molecule has 1 spiro atoms. The predicted molar refractivity (Wildman–Crippen MR) is 214 cm³/mol. The summed E-state index contributed by atoms with van der Waals surface area (Å²) in [4.78, 5) is 2.51. The maximum atomic E-state index is 6.78. The van der Waals surface area contributed by atoms with Crippen molar-refractivity contribution in [2.45, 2.75) is 24.4 Å². The van der Waals surface area contributed by atoms with Crippen molar-refractivity contribution in [2.75, 3.05) is 4.90 Å². The van der Waals surface area contributed by atoms with E-state index in [-0.39, 0.29) is 6.17 Å². The van der Waals surface area contributed by atoms with Crippen LogP contribution in [0.25, 0.3) is 44.5 Å². The minimum Gasteiger partial charge on any atom is -0.457 e. The van der Waals surface area contributed by atoms with Crippen molar-refractivity contribution in [3.63, 3.8) is 0 Å². The van der Waals surface area contributed by atoms with Crippen LogP contribution in [0, 0.1) is 0 Å². The van der Waals surface area contributed by atoms with Gasteiger partial charge in [-0.1, -0.05) is 146 Å². The first kappa shape index (κ1) is 29.0. The van der Waals surface area contributed by atoms with Crippen LogP contribution in [-0.4, -0.2) is 0 Å². The fourth-order valence-electron chi connectivity index (χ4n) is 9.89. The molecule has 12 rings (SSSR count). The van der Waals surface area contributed by atoms with E-state index >= 15 is 0 Å². The van der Waals surface area contributed by atoms with Gasteiger partial charge >= 0.3 is 0 Å². The molecule has 0 saturated heterocycles. The van der Waals surface area contributed by atoms with Gasteiger partial charge in [0.1, 0.15) is 17.7 Å². The van der Waals surface area contributed by atoms with Crippen LogP contribution in [0.4, 0.5) is 5.69 Å². The number of fused-ring (bicyclic) bond motifs is 16. The van der Waals surface area contributed by atoms with Crippen LogP contribution in [-0.2, 0) is 5.41 Å². The number of hydrogen-bond acceptors (Lipinski definition) is 3. The zero-order chi connectivity index (χ0) is 34.7. The van der Waals surface area contributed by atoms with Gasteiger partial charge in [0.2, 0.25) is 0 Å². The highest BCUT2D eigenvalue weighted by atomic mass is 16.5. The van der Waals surface area contributed by atoms with E-state index in [2.05, 4.69) is 180 Å². The van der Waals surface area contributed by atoms with E-state index in [1.807, 2.05) is 0 Å². The Morgan fingerprint density at radius 2 is 1.13 bits per heavy atom. The smallest absolute Gasteiger partial charge is 0.132 e. The van der Waals surface area contributed by atoms with Crippen LogP contribution in [0.1, 0.15) is 46.8 Å². The van der Waals surface area contributed by atoms with Crippen molar-refractivity contribution in [3.8, 4) is 56.0 Å². The zero-order valence-electron chi connectivity index (χ0n) is 29.0. The molecule has 2 aliphatic carbocycles. The second-order valence-electron chi connectivity index (χ2n) is 14.8. The van der Waals surface area contributed by atoms with Crippen LogP contribution in [0.2, 0.25) is 0 Å². The molecule has 1 N–H and O–H groups in total. The summed E-state index contributed by atoms with van der Waals surface area (Å²) >= 11 is 0. The highest BCUT2D eigenvalue weighted by Gasteiger charge is 2.51. The third-order valence-electron chi connectivity index (χ3n) is 12.2. The van der Waals surface area contributed by atoms with E-state index < -0.39 is 5.41 Å². The fraction of sp³-hybridized carbons (Fsp3) is 0.0800. The molecule has 53 heavy (non-hydrogen) atoms. The number of ether oxygens (including phenoxy) is 1. The maximum Gasteiger partial charge on any atom is 0.132 e. The minimum atomic E-state index is -0.444. The topological polar surface area (TPSA) is 24.5 Å². The number of rotatable bonds is 2. The molecule has 0 bridgehead atoms. The fourth-order valence-corrected chi connectivity index (χ4v) is 9.89. The third kappa shape index (κ3) is 3.89. The summed E-state index contributed by atoms with van der Waals surface area (Å²) in [6.45, 7) is 0. The summed E-state index contributed by atoms with van der Waals surface area (Å²) in [6, 6.07) is 58.0. The lowest BCUT2D eigenvalue weighted by Crippen LogP contribution is -2.32. The Morgan fingerprint density at radius 1 is 0.528 bits per heavy atom. The molecule has 1 unspecified atom stereocenters. The lowest BCUT2D eigenvalue weighted by molar-refractivity contribution is 0.436. The Labute approximate surface area is 309 Å². The van der Waals surface area contributed by atoms with E-state index in [9.17, 15) is 0 Å². The molecule has 3 nitrogen and oxygen atoms in total. The lowest BCUT2D eigenvalue weighted by Gasteiger charge is -2.39. The third-order valence-corrected chi connectivity index (χ3v) is 12.2. The van der Waals surface area contributed by atoms with E-state index in [0.717, 1.165) is 35.5 Å². The van der Waals surface area contributed by atoms with Crippen molar-refractivity contribution in [3.05, 3.63) is 209 Å². The normalized spacial score (nSPS) is 17.4. The van der Waals surface area contributed by atoms with Gasteiger partial charge in [0.05, 0.1) is 16.8 Å². The second-order valence-corrected chi connectivity index (χ2v) is 14.8. The molecule has 0 aromatic heterocycles. The number of benzene rings is 7. The van der Waals surface area contributed by atoms with Crippen LogP contribution in [0.3, 0.4) is 0 Å². The van der Waals surface area contributed by atoms with Crippen molar-refractivity contribution in [1.82, 2.24) is 5.32 Å². The van der Waals surface area contributed by atoms with Crippen molar-refractivity contribution >= 4 is 5.69 Å². The highest BCUT2D eigenvalue weighted by molar-refractivity contribution is 5.91. The quantitative estimate of drug-likeness (QED) is 0.197. The average Bonchev–Trinajstić information content (AvgIpc) is 3.76. The predicted octanol–water partition coefficient (Wildman–Crippen LogP) is 12.1. The maximum absolute atomic E-state index is 6.78. The van der Waals surface area contributed by atoms with Gasteiger partial charge in [-0.25, -0.2) is 0 Å². The van der Waals surface area contributed by atoms with Gasteiger partial charge in [0.25, 0.3) is 0 Å². The summed E-state index contributed by atoms with van der Waals surface area (Å²) in [5.74, 6) is 1.82. The molecule has 3 heteroatoms. The summed E-state index contributed by atoms with van der Waals surface area (Å²) in [6.07, 6.45) is 6.87. The molecule has 7 aromatic carbocycles. The Balaban J connectivity index is 0.946. The Hall–Kier alpha value is -6.58. The van der Waals surface area contributed by atoms with E-state index in [4.69, 9.17) is 4.74 Å².